The summed E-state index contributed by atoms with van der Waals surface area (Å²) in [6, 6.07) is 5.93. The standard InChI is InChI=1S/C21H32O6/c1-14(2)17-11-20(27-21(17)23)18(22)13-25-12-16-7-6-15(3)19(10-16)26-9-5-8-24-4/h6-7,10,14,17-18,20,22H,5,8-9,11-13H2,1-4H3/t17-,18+,20-/m0/s1. The van der Waals surface area contributed by atoms with E-state index >= 15 is 0 Å². The molecule has 1 aromatic carbocycles. The number of ether oxygens (including phenoxy) is 4. The van der Waals surface area contributed by atoms with Crippen LogP contribution in [0, 0.1) is 18.8 Å². The first kappa shape index (κ1) is 21.7. The molecule has 1 heterocycles. The number of aliphatic hydroxyl groups excluding tert-OH is 1. The number of aryl methyl sites for hydroxylation is 1. The minimum atomic E-state index is -0.812. The molecule has 2 rings (SSSR count). The fourth-order valence-electron chi connectivity index (χ4n) is 3.09. The molecule has 0 aromatic heterocycles. The van der Waals surface area contributed by atoms with Gasteiger partial charge in [0.1, 0.15) is 18.0 Å². The molecule has 1 aliphatic rings. The summed E-state index contributed by atoms with van der Waals surface area (Å²) in [6.45, 7) is 7.73. The molecule has 152 valence electrons. The van der Waals surface area contributed by atoms with E-state index in [1.807, 2.05) is 39.0 Å². The van der Waals surface area contributed by atoms with Crippen LogP contribution < -0.4 is 4.74 Å². The van der Waals surface area contributed by atoms with Crippen LogP contribution in [0.1, 0.15) is 37.8 Å². The van der Waals surface area contributed by atoms with E-state index in [0.717, 1.165) is 23.3 Å². The molecule has 0 saturated carbocycles. The molecule has 0 spiro atoms. The quantitative estimate of drug-likeness (QED) is 0.470. The van der Waals surface area contributed by atoms with Gasteiger partial charge in [-0.15, -0.1) is 0 Å². The lowest BCUT2D eigenvalue weighted by Gasteiger charge is -2.17. The van der Waals surface area contributed by atoms with E-state index < -0.39 is 12.2 Å². The third-order valence-electron chi connectivity index (χ3n) is 4.85. The number of methoxy groups -OCH3 is 1. The van der Waals surface area contributed by atoms with Crippen LogP contribution in [0.3, 0.4) is 0 Å². The lowest BCUT2D eigenvalue weighted by Crippen LogP contribution is -2.30. The Bertz CT molecular complexity index is 600. The summed E-state index contributed by atoms with van der Waals surface area (Å²) >= 11 is 0. The number of carbonyl (C=O) groups is 1. The third kappa shape index (κ3) is 6.48. The molecule has 6 nitrogen and oxygen atoms in total. The Morgan fingerprint density at radius 1 is 1.30 bits per heavy atom. The Morgan fingerprint density at radius 3 is 2.74 bits per heavy atom. The van der Waals surface area contributed by atoms with Gasteiger partial charge in [0.2, 0.25) is 0 Å². The molecule has 27 heavy (non-hydrogen) atoms. The van der Waals surface area contributed by atoms with Crippen molar-refractivity contribution in [3.05, 3.63) is 29.3 Å². The van der Waals surface area contributed by atoms with Crippen LogP contribution in [0.2, 0.25) is 0 Å². The maximum absolute atomic E-state index is 11.8. The Kier molecular flexibility index (Phi) is 8.54. The van der Waals surface area contributed by atoms with Gasteiger partial charge in [-0.1, -0.05) is 26.0 Å². The van der Waals surface area contributed by atoms with Crippen molar-refractivity contribution in [1.29, 1.82) is 0 Å². The highest BCUT2D eigenvalue weighted by atomic mass is 16.6. The summed E-state index contributed by atoms with van der Waals surface area (Å²) in [6.07, 6.45) is 0.0845. The molecule has 1 aromatic rings. The number of aliphatic hydroxyl groups is 1. The molecule has 6 heteroatoms. The van der Waals surface area contributed by atoms with Crippen molar-refractivity contribution in [3.63, 3.8) is 0 Å². The molecule has 0 radical (unpaired) electrons. The highest BCUT2D eigenvalue weighted by molar-refractivity contribution is 5.75. The van der Waals surface area contributed by atoms with Gasteiger partial charge in [-0.3, -0.25) is 4.79 Å². The van der Waals surface area contributed by atoms with Crippen molar-refractivity contribution < 1.29 is 28.8 Å². The van der Waals surface area contributed by atoms with Crippen LogP contribution in [0.15, 0.2) is 18.2 Å². The summed E-state index contributed by atoms with van der Waals surface area (Å²) in [4.78, 5) is 11.8. The highest BCUT2D eigenvalue weighted by Gasteiger charge is 2.39. The molecule has 0 bridgehead atoms. The van der Waals surface area contributed by atoms with E-state index in [-0.39, 0.29) is 24.4 Å². The van der Waals surface area contributed by atoms with E-state index in [1.54, 1.807) is 7.11 Å². The lowest BCUT2D eigenvalue weighted by atomic mass is 9.91. The van der Waals surface area contributed by atoms with Crippen LogP contribution >= 0.6 is 0 Å². The smallest absolute Gasteiger partial charge is 0.309 e. The third-order valence-corrected chi connectivity index (χ3v) is 4.85. The minimum Gasteiger partial charge on any atom is -0.493 e. The molecule has 1 N–H and O–H groups in total. The molecular formula is C21H32O6. The van der Waals surface area contributed by atoms with E-state index in [0.29, 0.717) is 26.2 Å². The number of hydrogen-bond acceptors (Lipinski definition) is 6. The zero-order valence-corrected chi connectivity index (χ0v) is 16.8. The number of cyclic esters (lactones) is 1. The lowest BCUT2D eigenvalue weighted by molar-refractivity contribution is -0.150. The second kappa shape index (κ2) is 10.6. The topological polar surface area (TPSA) is 74.2 Å². The van der Waals surface area contributed by atoms with Crippen molar-refractivity contribution >= 4 is 5.97 Å². The van der Waals surface area contributed by atoms with E-state index in [4.69, 9.17) is 18.9 Å². The molecule has 1 aliphatic heterocycles. The molecule has 0 aliphatic carbocycles. The summed E-state index contributed by atoms with van der Waals surface area (Å²) in [5.74, 6) is 0.685. The van der Waals surface area contributed by atoms with Crippen LogP contribution in [-0.2, 0) is 25.6 Å². The molecule has 1 saturated heterocycles. The van der Waals surface area contributed by atoms with Crippen LogP contribution in [0.5, 0.6) is 5.75 Å². The maximum Gasteiger partial charge on any atom is 0.309 e. The molecule has 0 amide bonds. The van der Waals surface area contributed by atoms with Crippen molar-refractivity contribution in [2.75, 3.05) is 26.9 Å². The van der Waals surface area contributed by atoms with E-state index in [1.165, 1.54) is 0 Å². The van der Waals surface area contributed by atoms with Crippen molar-refractivity contribution in [3.8, 4) is 5.75 Å². The van der Waals surface area contributed by atoms with Gasteiger partial charge in [0.05, 0.1) is 25.7 Å². The number of rotatable bonds is 11. The SMILES string of the molecule is COCCCOc1cc(COC[C@@H](O)[C@@H]2C[C@@H](C(C)C)C(=O)O2)ccc1C. The Balaban J connectivity index is 1.78. The second-order valence-electron chi connectivity index (χ2n) is 7.44. The molecule has 0 unspecified atom stereocenters. The fraction of sp³-hybridized carbons (Fsp3) is 0.667. The van der Waals surface area contributed by atoms with Crippen LogP contribution in [0.4, 0.5) is 0 Å². The van der Waals surface area contributed by atoms with Gasteiger partial charge in [-0.05, 0) is 30.0 Å². The average Bonchev–Trinajstić information content (AvgIpc) is 3.03. The van der Waals surface area contributed by atoms with E-state index in [9.17, 15) is 9.90 Å². The number of carbonyl (C=O) groups excluding carboxylic acids is 1. The summed E-state index contributed by atoms with van der Waals surface area (Å²) in [5, 5.41) is 10.3. The Morgan fingerprint density at radius 2 is 2.07 bits per heavy atom. The minimum absolute atomic E-state index is 0.126. The molecular weight excluding hydrogens is 348 g/mol. The van der Waals surface area contributed by atoms with Gasteiger partial charge >= 0.3 is 5.97 Å². The van der Waals surface area contributed by atoms with Gasteiger partial charge in [0.15, 0.2) is 0 Å². The normalized spacial score (nSPS) is 20.7. The monoisotopic (exact) mass is 380 g/mol. The highest BCUT2D eigenvalue weighted by Crippen LogP contribution is 2.29. The summed E-state index contributed by atoms with van der Waals surface area (Å²) in [7, 11) is 1.67. The molecule has 3 atom stereocenters. The van der Waals surface area contributed by atoms with Crippen molar-refractivity contribution in [2.24, 2.45) is 11.8 Å². The summed E-state index contributed by atoms with van der Waals surface area (Å²) in [5.41, 5.74) is 2.03. The van der Waals surface area contributed by atoms with Crippen LogP contribution in [0.25, 0.3) is 0 Å². The molecule has 1 fully saturated rings. The van der Waals surface area contributed by atoms with Crippen LogP contribution in [-0.4, -0.2) is 50.2 Å². The predicted octanol–water partition coefficient (Wildman–Crippen LogP) is 2.88. The number of benzene rings is 1. The number of esters is 1. The average molecular weight is 380 g/mol. The van der Waals surface area contributed by atoms with Gasteiger partial charge in [0, 0.05) is 26.6 Å². The van der Waals surface area contributed by atoms with E-state index in [2.05, 4.69) is 0 Å². The van der Waals surface area contributed by atoms with Gasteiger partial charge in [0.25, 0.3) is 0 Å². The zero-order chi connectivity index (χ0) is 19.8. The van der Waals surface area contributed by atoms with Crippen molar-refractivity contribution in [1.82, 2.24) is 0 Å². The number of hydrogen-bond donors (Lipinski definition) is 1. The Labute approximate surface area is 161 Å². The maximum atomic E-state index is 11.8. The second-order valence-corrected chi connectivity index (χ2v) is 7.44. The zero-order valence-electron chi connectivity index (χ0n) is 16.8. The summed E-state index contributed by atoms with van der Waals surface area (Å²) < 4.78 is 21.8. The predicted molar refractivity (Wildman–Crippen MR) is 102 cm³/mol. The first-order valence-corrected chi connectivity index (χ1v) is 9.60. The first-order chi connectivity index (χ1) is 12.9. The first-order valence-electron chi connectivity index (χ1n) is 9.60. The Hall–Kier alpha value is -1.63. The van der Waals surface area contributed by atoms with Gasteiger partial charge in [-0.2, -0.15) is 0 Å². The van der Waals surface area contributed by atoms with Gasteiger partial charge in [-0.25, -0.2) is 0 Å². The van der Waals surface area contributed by atoms with Crippen molar-refractivity contribution in [2.45, 2.75) is 52.4 Å². The fourth-order valence-corrected chi connectivity index (χ4v) is 3.09. The largest absolute Gasteiger partial charge is 0.493 e. The van der Waals surface area contributed by atoms with Gasteiger partial charge < -0.3 is 24.1 Å².